The van der Waals surface area contributed by atoms with Crippen molar-refractivity contribution in [2.24, 2.45) is 0 Å². The Morgan fingerprint density at radius 1 is 1.38 bits per heavy atom. The number of hydrogen-bond donors (Lipinski definition) is 0. The Morgan fingerprint density at radius 2 is 2.08 bits per heavy atom. The van der Waals surface area contributed by atoms with Crippen molar-refractivity contribution in [3.8, 4) is 5.75 Å². The predicted octanol–water partition coefficient (Wildman–Crippen LogP) is 3.86. The highest BCUT2D eigenvalue weighted by atomic mass is 35.5. The molecule has 0 aliphatic carbocycles. The van der Waals surface area contributed by atoms with Gasteiger partial charge >= 0.3 is 0 Å². The molecule has 0 amide bonds. The molecule has 0 bridgehead atoms. The minimum absolute atomic E-state index is 0.445. The molecule has 0 aliphatic heterocycles. The van der Waals surface area contributed by atoms with Crippen LogP contribution in [0.25, 0.3) is 0 Å². The molecule has 0 spiro atoms. The minimum atomic E-state index is 0.445. The Bertz CT molecular complexity index is 281. The summed E-state index contributed by atoms with van der Waals surface area (Å²) in [6.45, 7) is 6.95. The van der Waals surface area contributed by atoms with Crippen LogP contribution in [-0.4, -0.2) is 6.61 Å². The maximum Gasteiger partial charge on any atom is 0.122 e. The van der Waals surface area contributed by atoms with Gasteiger partial charge in [-0.2, -0.15) is 0 Å². The molecule has 13 heavy (non-hydrogen) atoms. The zero-order valence-electron chi connectivity index (χ0n) is 8.30. The number of hydrogen-bond acceptors (Lipinski definition) is 1. The molecule has 0 heterocycles. The van der Waals surface area contributed by atoms with E-state index < -0.39 is 0 Å². The van der Waals surface area contributed by atoms with E-state index in [1.807, 2.05) is 25.1 Å². The van der Waals surface area contributed by atoms with E-state index in [2.05, 4.69) is 13.8 Å². The molecule has 0 atom stereocenters. The van der Waals surface area contributed by atoms with E-state index in [4.69, 9.17) is 16.3 Å². The first-order chi connectivity index (χ1) is 6.15. The van der Waals surface area contributed by atoms with Crippen molar-refractivity contribution in [2.75, 3.05) is 6.61 Å². The van der Waals surface area contributed by atoms with E-state index >= 15 is 0 Å². The zero-order valence-corrected chi connectivity index (χ0v) is 9.06. The number of halogens is 1. The van der Waals surface area contributed by atoms with Gasteiger partial charge in [-0.25, -0.2) is 0 Å². The number of benzene rings is 1. The third-order valence-corrected chi connectivity index (χ3v) is 2.13. The maximum absolute atomic E-state index is 5.91. The van der Waals surface area contributed by atoms with E-state index in [1.165, 1.54) is 5.56 Å². The average molecular weight is 199 g/mol. The molecule has 0 aliphatic rings. The average Bonchev–Trinajstić information content (AvgIpc) is 2.08. The fourth-order valence-corrected chi connectivity index (χ4v) is 1.44. The summed E-state index contributed by atoms with van der Waals surface area (Å²) in [4.78, 5) is 0. The fourth-order valence-electron chi connectivity index (χ4n) is 1.26. The van der Waals surface area contributed by atoms with E-state index in [-0.39, 0.29) is 0 Å². The summed E-state index contributed by atoms with van der Waals surface area (Å²) in [5.74, 6) is 1.39. The van der Waals surface area contributed by atoms with Crippen LogP contribution in [0.3, 0.4) is 0 Å². The molecular formula is C11H15ClO. The second-order valence-corrected chi connectivity index (χ2v) is 3.71. The fraction of sp³-hybridized carbons (Fsp3) is 0.455. The van der Waals surface area contributed by atoms with Crippen LogP contribution in [0.4, 0.5) is 0 Å². The molecule has 1 aromatic rings. The summed E-state index contributed by atoms with van der Waals surface area (Å²) in [5, 5.41) is 0.771. The van der Waals surface area contributed by atoms with Crippen molar-refractivity contribution in [2.45, 2.75) is 26.7 Å². The minimum Gasteiger partial charge on any atom is -0.494 e. The Balaban J connectivity index is 3.03. The smallest absolute Gasteiger partial charge is 0.122 e. The van der Waals surface area contributed by atoms with Gasteiger partial charge in [-0.05, 0) is 36.6 Å². The van der Waals surface area contributed by atoms with Gasteiger partial charge in [-0.1, -0.05) is 25.4 Å². The van der Waals surface area contributed by atoms with Gasteiger partial charge in [0.05, 0.1) is 6.61 Å². The van der Waals surface area contributed by atoms with Crippen LogP contribution in [0.1, 0.15) is 32.3 Å². The van der Waals surface area contributed by atoms with Crippen LogP contribution in [0, 0.1) is 0 Å². The second-order valence-electron chi connectivity index (χ2n) is 3.27. The largest absolute Gasteiger partial charge is 0.494 e. The third kappa shape index (κ3) is 2.63. The number of ether oxygens (including phenoxy) is 1. The Hall–Kier alpha value is -0.690. The van der Waals surface area contributed by atoms with Gasteiger partial charge in [0, 0.05) is 5.02 Å². The monoisotopic (exact) mass is 198 g/mol. The van der Waals surface area contributed by atoms with Crippen molar-refractivity contribution in [3.05, 3.63) is 28.8 Å². The standard InChI is InChI=1S/C11H15ClO/c1-4-13-11-6-5-9(12)7-10(11)8(2)3/h5-8H,4H2,1-3H3. The molecular weight excluding hydrogens is 184 g/mol. The molecule has 1 aromatic carbocycles. The lowest BCUT2D eigenvalue weighted by Gasteiger charge is -2.12. The molecule has 0 aromatic heterocycles. The molecule has 1 rings (SSSR count). The highest BCUT2D eigenvalue weighted by Gasteiger charge is 2.07. The van der Waals surface area contributed by atoms with Gasteiger partial charge in [0.1, 0.15) is 5.75 Å². The molecule has 0 unspecified atom stereocenters. The van der Waals surface area contributed by atoms with Crippen LogP contribution < -0.4 is 4.74 Å². The molecule has 0 saturated carbocycles. The number of rotatable bonds is 3. The Kier molecular flexibility index (Phi) is 3.61. The Morgan fingerprint density at radius 3 is 2.62 bits per heavy atom. The maximum atomic E-state index is 5.91. The van der Waals surface area contributed by atoms with Crippen molar-refractivity contribution in [3.63, 3.8) is 0 Å². The molecule has 0 N–H and O–H groups in total. The lowest BCUT2D eigenvalue weighted by atomic mass is 10.0. The van der Waals surface area contributed by atoms with Crippen LogP contribution >= 0.6 is 11.6 Å². The normalized spacial score (nSPS) is 10.5. The first kappa shape index (κ1) is 10.4. The summed E-state index contributed by atoms with van der Waals surface area (Å²) < 4.78 is 5.49. The summed E-state index contributed by atoms with van der Waals surface area (Å²) in [7, 11) is 0. The molecule has 0 fully saturated rings. The summed E-state index contributed by atoms with van der Waals surface area (Å²) in [6, 6.07) is 5.76. The molecule has 72 valence electrons. The quantitative estimate of drug-likeness (QED) is 0.717. The summed E-state index contributed by atoms with van der Waals surface area (Å²) in [6.07, 6.45) is 0. The van der Waals surface area contributed by atoms with Gasteiger partial charge in [-0.3, -0.25) is 0 Å². The van der Waals surface area contributed by atoms with E-state index in [0.29, 0.717) is 12.5 Å². The van der Waals surface area contributed by atoms with Gasteiger partial charge in [-0.15, -0.1) is 0 Å². The Labute approximate surface area is 84.7 Å². The van der Waals surface area contributed by atoms with Crippen LogP contribution in [0.15, 0.2) is 18.2 Å². The van der Waals surface area contributed by atoms with Crippen molar-refractivity contribution < 1.29 is 4.74 Å². The molecule has 2 heteroatoms. The first-order valence-corrected chi connectivity index (χ1v) is 4.95. The van der Waals surface area contributed by atoms with Gasteiger partial charge in [0.15, 0.2) is 0 Å². The lowest BCUT2D eigenvalue weighted by molar-refractivity contribution is 0.335. The van der Waals surface area contributed by atoms with Crippen LogP contribution in [0.2, 0.25) is 5.02 Å². The topological polar surface area (TPSA) is 9.23 Å². The lowest BCUT2D eigenvalue weighted by Crippen LogP contribution is -1.97. The SMILES string of the molecule is CCOc1ccc(Cl)cc1C(C)C. The van der Waals surface area contributed by atoms with Gasteiger partial charge < -0.3 is 4.74 Å². The molecule has 0 saturated heterocycles. The van der Waals surface area contributed by atoms with Crippen LogP contribution in [-0.2, 0) is 0 Å². The second kappa shape index (κ2) is 4.52. The summed E-state index contributed by atoms with van der Waals surface area (Å²) >= 11 is 5.91. The van der Waals surface area contributed by atoms with E-state index in [0.717, 1.165) is 10.8 Å². The molecule has 1 nitrogen and oxygen atoms in total. The van der Waals surface area contributed by atoms with E-state index in [1.54, 1.807) is 0 Å². The van der Waals surface area contributed by atoms with Gasteiger partial charge in [0.2, 0.25) is 0 Å². The van der Waals surface area contributed by atoms with Crippen molar-refractivity contribution >= 4 is 11.6 Å². The molecule has 0 radical (unpaired) electrons. The van der Waals surface area contributed by atoms with Crippen LogP contribution in [0.5, 0.6) is 5.75 Å². The summed E-state index contributed by atoms with van der Waals surface area (Å²) in [5.41, 5.74) is 1.18. The first-order valence-electron chi connectivity index (χ1n) is 4.57. The van der Waals surface area contributed by atoms with E-state index in [9.17, 15) is 0 Å². The highest BCUT2D eigenvalue weighted by Crippen LogP contribution is 2.29. The predicted molar refractivity (Wildman–Crippen MR) is 56.7 cm³/mol. The highest BCUT2D eigenvalue weighted by molar-refractivity contribution is 6.30. The zero-order chi connectivity index (χ0) is 9.84. The van der Waals surface area contributed by atoms with Gasteiger partial charge in [0.25, 0.3) is 0 Å². The van der Waals surface area contributed by atoms with Crippen molar-refractivity contribution in [1.29, 1.82) is 0 Å². The third-order valence-electron chi connectivity index (χ3n) is 1.89. The van der Waals surface area contributed by atoms with Crippen molar-refractivity contribution in [1.82, 2.24) is 0 Å².